The van der Waals surface area contributed by atoms with Crippen molar-refractivity contribution in [2.45, 2.75) is 25.4 Å². The Morgan fingerprint density at radius 3 is 2.95 bits per heavy atom. The van der Waals surface area contributed by atoms with Crippen molar-refractivity contribution in [3.8, 4) is 0 Å². The molecule has 1 aromatic rings. The Morgan fingerprint density at radius 2 is 2.37 bits per heavy atom. The molecule has 4 nitrogen and oxygen atoms in total. The molecule has 1 heterocycles. The minimum Gasteiger partial charge on any atom is -0.379 e. The minimum absolute atomic E-state index is 0.128. The fraction of sp³-hybridized carbons (Fsp3) is 0.500. The molecule has 1 aliphatic rings. The van der Waals surface area contributed by atoms with Crippen LogP contribution in [-0.4, -0.2) is 36.1 Å². The highest BCUT2D eigenvalue weighted by atomic mass is 19.1. The molecule has 0 radical (unpaired) electrons. The Labute approximate surface area is 112 Å². The minimum atomic E-state index is -0.927. The van der Waals surface area contributed by atoms with Crippen molar-refractivity contribution in [1.82, 2.24) is 4.90 Å². The summed E-state index contributed by atoms with van der Waals surface area (Å²) in [6.45, 7) is 3.56. The average Bonchev–Trinajstić information content (AvgIpc) is 2.83. The first-order valence-electron chi connectivity index (χ1n) is 6.45. The van der Waals surface area contributed by atoms with E-state index in [0.29, 0.717) is 26.1 Å². The van der Waals surface area contributed by atoms with E-state index in [4.69, 9.17) is 10.5 Å². The summed E-state index contributed by atoms with van der Waals surface area (Å²) < 4.78 is 18.4. The molecule has 0 spiro atoms. The first kappa shape index (κ1) is 14.0. The van der Waals surface area contributed by atoms with E-state index in [9.17, 15) is 9.18 Å². The predicted molar refractivity (Wildman–Crippen MR) is 69.8 cm³/mol. The first-order valence-corrected chi connectivity index (χ1v) is 6.45. The number of benzene rings is 1. The van der Waals surface area contributed by atoms with Gasteiger partial charge in [-0.1, -0.05) is 12.1 Å². The smallest absolute Gasteiger partial charge is 0.245 e. The van der Waals surface area contributed by atoms with Crippen LogP contribution in [0.5, 0.6) is 0 Å². The summed E-state index contributed by atoms with van der Waals surface area (Å²) in [5.74, 6) is -0.426. The van der Waals surface area contributed by atoms with Gasteiger partial charge in [-0.15, -0.1) is 0 Å². The van der Waals surface area contributed by atoms with E-state index in [1.807, 2.05) is 6.92 Å². The number of amides is 1. The van der Waals surface area contributed by atoms with Crippen molar-refractivity contribution >= 4 is 5.91 Å². The fourth-order valence-corrected chi connectivity index (χ4v) is 2.25. The SMILES string of the molecule is CCN(Cc1cccc(F)c1)C(=O)C1(N)CCOC1. The Bertz CT molecular complexity index is 459. The molecule has 104 valence electrons. The zero-order valence-corrected chi connectivity index (χ0v) is 11.1. The number of ether oxygens (including phenoxy) is 1. The molecule has 19 heavy (non-hydrogen) atoms. The zero-order chi connectivity index (χ0) is 13.9. The fourth-order valence-electron chi connectivity index (χ4n) is 2.25. The van der Waals surface area contributed by atoms with Crippen LogP contribution in [0, 0.1) is 5.82 Å². The van der Waals surface area contributed by atoms with E-state index in [1.54, 1.807) is 17.0 Å². The lowest BCUT2D eigenvalue weighted by Gasteiger charge is -2.29. The van der Waals surface area contributed by atoms with Crippen LogP contribution in [0.1, 0.15) is 18.9 Å². The van der Waals surface area contributed by atoms with Crippen molar-refractivity contribution in [2.75, 3.05) is 19.8 Å². The average molecular weight is 266 g/mol. The van der Waals surface area contributed by atoms with E-state index < -0.39 is 5.54 Å². The topological polar surface area (TPSA) is 55.6 Å². The highest BCUT2D eigenvalue weighted by Crippen LogP contribution is 2.20. The van der Waals surface area contributed by atoms with Crippen LogP contribution in [0.15, 0.2) is 24.3 Å². The van der Waals surface area contributed by atoms with E-state index in [2.05, 4.69) is 0 Å². The van der Waals surface area contributed by atoms with Gasteiger partial charge in [0.15, 0.2) is 0 Å². The second-order valence-electron chi connectivity index (χ2n) is 4.91. The molecule has 1 fully saturated rings. The third kappa shape index (κ3) is 3.11. The summed E-state index contributed by atoms with van der Waals surface area (Å²) in [6.07, 6.45) is 0.533. The molecule has 0 aliphatic carbocycles. The van der Waals surface area contributed by atoms with Crippen LogP contribution in [0.25, 0.3) is 0 Å². The van der Waals surface area contributed by atoms with Crippen LogP contribution in [-0.2, 0) is 16.1 Å². The van der Waals surface area contributed by atoms with E-state index in [1.165, 1.54) is 12.1 Å². The molecule has 0 bridgehead atoms. The van der Waals surface area contributed by atoms with Crippen LogP contribution in [0.2, 0.25) is 0 Å². The summed E-state index contributed by atoms with van der Waals surface area (Å²) in [5, 5.41) is 0. The summed E-state index contributed by atoms with van der Waals surface area (Å²) in [6, 6.07) is 6.26. The lowest BCUT2D eigenvalue weighted by Crippen LogP contribution is -2.55. The zero-order valence-electron chi connectivity index (χ0n) is 11.1. The number of carbonyl (C=O) groups is 1. The molecule has 2 N–H and O–H groups in total. The van der Waals surface area contributed by atoms with Crippen LogP contribution in [0.4, 0.5) is 4.39 Å². The molecular weight excluding hydrogens is 247 g/mol. The van der Waals surface area contributed by atoms with Crippen molar-refractivity contribution in [3.05, 3.63) is 35.6 Å². The van der Waals surface area contributed by atoms with Crippen molar-refractivity contribution in [2.24, 2.45) is 5.73 Å². The summed E-state index contributed by atoms with van der Waals surface area (Å²) >= 11 is 0. The molecule has 1 aliphatic heterocycles. The van der Waals surface area contributed by atoms with Gasteiger partial charge in [0.1, 0.15) is 11.4 Å². The molecule has 1 amide bonds. The number of hydrogen-bond donors (Lipinski definition) is 1. The second-order valence-corrected chi connectivity index (χ2v) is 4.91. The first-order chi connectivity index (χ1) is 9.05. The maximum absolute atomic E-state index is 13.2. The van der Waals surface area contributed by atoms with E-state index in [0.717, 1.165) is 5.56 Å². The highest BCUT2D eigenvalue weighted by molar-refractivity contribution is 5.86. The van der Waals surface area contributed by atoms with Gasteiger partial charge in [0.05, 0.1) is 6.61 Å². The molecule has 0 saturated carbocycles. The Balaban J connectivity index is 2.10. The number of rotatable bonds is 4. The van der Waals surface area contributed by atoms with Gasteiger partial charge in [0, 0.05) is 19.7 Å². The van der Waals surface area contributed by atoms with Crippen molar-refractivity contribution in [1.29, 1.82) is 0 Å². The molecule has 1 unspecified atom stereocenters. The summed E-state index contributed by atoms with van der Waals surface area (Å²) in [4.78, 5) is 14.1. The van der Waals surface area contributed by atoms with E-state index in [-0.39, 0.29) is 18.3 Å². The summed E-state index contributed by atoms with van der Waals surface area (Å²) in [7, 11) is 0. The Hall–Kier alpha value is -1.46. The normalized spacial score (nSPS) is 22.5. The third-order valence-corrected chi connectivity index (χ3v) is 3.41. The maximum Gasteiger partial charge on any atom is 0.245 e. The van der Waals surface area contributed by atoms with Crippen molar-refractivity contribution in [3.63, 3.8) is 0 Å². The van der Waals surface area contributed by atoms with Gasteiger partial charge in [0.25, 0.3) is 0 Å². The van der Waals surface area contributed by atoms with Gasteiger partial charge in [0.2, 0.25) is 5.91 Å². The molecule has 0 aromatic heterocycles. The van der Waals surface area contributed by atoms with Gasteiger partial charge < -0.3 is 15.4 Å². The largest absolute Gasteiger partial charge is 0.379 e. The standard InChI is InChI=1S/C14H19FN2O2/c1-2-17(9-11-4-3-5-12(15)8-11)13(18)14(16)6-7-19-10-14/h3-5,8H,2,6-7,9-10,16H2,1H3. The molecule has 5 heteroatoms. The molecule has 1 aromatic carbocycles. The maximum atomic E-state index is 13.2. The highest BCUT2D eigenvalue weighted by Gasteiger charge is 2.40. The Morgan fingerprint density at radius 1 is 1.58 bits per heavy atom. The van der Waals surface area contributed by atoms with Crippen LogP contribution in [0.3, 0.4) is 0 Å². The number of nitrogens with zero attached hydrogens (tertiary/aromatic N) is 1. The molecule has 1 atom stereocenters. The molecule has 1 saturated heterocycles. The molecule has 2 rings (SSSR count). The lowest BCUT2D eigenvalue weighted by atomic mass is 9.98. The number of nitrogens with two attached hydrogens (primary N) is 1. The van der Waals surface area contributed by atoms with Crippen molar-refractivity contribution < 1.29 is 13.9 Å². The van der Waals surface area contributed by atoms with Crippen LogP contribution >= 0.6 is 0 Å². The number of halogens is 1. The van der Waals surface area contributed by atoms with Gasteiger partial charge >= 0.3 is 0 Å². The van der Waals surface area contributed by atoms with Gasteiger partial charge in [-0.25, -0.2) is 4.39 Å². The quantitative estimate of drug-likeness (QED) is 0.893. The number of hydrogen-bond acceptors (Lipinski definition) is 3. The number of likely N-dealkylation sites (N-methyl/N-ethyl adjacent to an activating group) is 1. The van der Waals surface area contributed by atoms with Gasteiger partial charge in [-0.05, 0) is 31.0 Å². The lowest BCUT2D eigenvalue weighted by molar-refractivity contribution is -0.137. The van der Waals surface area contributed by atoms with Crippen LogP contribution < -0.4 is 5.73 Å². The second kappa shape index (κ2) is 5.67. The van der Waals surface area contributed by atoms with Gasteiger partial charge in [-0.3, -0.25) is 4.79 Å². The third-order valence-electron chi connectivity index (χ3n) is 3.41. The summed E-state index contributed by atoms with van der Waals surface area (Å²) in [5.41, 5.74) is 5.91. The molecular formula is C14H19FN2O2. The Kier molecular flexibility index (Phi) is 4.17. The van der Waals surface area contributed by atoms with Gasteiger partial charge in [-0.2, -0.15) is 0 Å². The van der Waals surface area contributed by atoms with E-state index >= 15 is 0 Å². The number of carbonyl (C=O) groups excluding carboxylic acids is 1. The monoisotopic (exact) mass is 266 g/mol. The predicted octanol–water partition coefficient (Wildman–Crippen LogP) is 1.29.